The fourth-order valence-electron chi connectivity index (χ4n) is 0.514. The van der Waals surface area contributed by atoms with Crippen molar-refractivity contribution < 1.29 is 9.90 Å². The molecule has 3 heteroatoms. The van der Waals surface area contributed by atoms with Gasteiger partial charge in [-0.05, 0) is 20.8 Å². The number of amides is 1. The van der Waals surface area contributed by atoms with Gasteiger partial charge in [0.1, 0.15) is 0 Å². The molecule has 0 aliphatic carbocycles. The minimum atomic E-state index is -0.169. The Balaban J connectivity index is 3.88. The smallest absolute Gasteiger partial charge is 0.246 e. The van der Waals surface area contributed by atoms with Crippen molar-refractivity contribution in [2.75, 3.05) is 6.61 Å². The van der Waals surface area contributed by atoms with Crippen molar-refractivity contribution in [3.05, 3.63) is 11.6 Å². The molecule has 0 unspecified atom stereocenters. The second-order valence-electron chi connectivity index (χ2n) is 2.53. The summed E-state index contributed by atoms with van der Waals surface area (Å²) in [5.41, 5.74) is 0.672. The molecule has 0 saturated heterocycles. The van der Waals surface area contributed by atoms with Crippen molar-refractivity contribution in [2.24, 2.45) is 0 Å². The SMILES string of the molecule is C/C=C(/C)C(=O)N[C@@H](C)CO. The monoisotopic (exact) mass is 157 g/mol. The van der Waals surface area contributed by atoms with E-state index in [1.54, 1.807) is 26.8 Å². The number of hydrogen-bond donors (Lipinski definition) is 2. The molecule has 1 amide bonds. The van der Waals surface area contributed by atoms with Gasteiger partial charge in [-0.3, -0.25) is 4.79 Å². The molecule has 0 fully saturated rings. The minimum absolute atomic E-state index is 0.0251. The summed E-state index contributed by atoms with van der Waals surface area (Å²) in [5, 5.41) is 11.2. The van der Waals surface area contributed by atoms with E-state index in [9.17, 15) is 4.79 Å². The standard InChI is InChI=1S/C8H15NO2/c1-4-6(2)8(11)9-7(3)5-10/h4,7,10H,5H2,1-3H3,(H,9,11)/b6-4-/t7-/m0/s1. The Bertz CT molecular complexity index is 163. The van der Waals surface area contributed by atoms with Crippen LogP contribution >= 0.6 is 0 Å². The van der Waals surface area contributed by atoms with Gasteiger partial charge in [0.2, 0.25) is 5.91 Å². The molecule has 11 heavy (non-hydrogen) atoms. The summed E-state index contributed by atoms with van der Waals surface area (Å²) >= 11 is 0. The quantitative estimate of drug-likeness (QED) is 0.584. The highest BCUT2D eigenvalue weighted by atomic mass is 16.3. The van der Waals surface area contributed by atoms with Crippen molar-refractivity contribution in [1.29, 1.82) is 0 Å². The number of aliphatic hydroxyl groups is 1. The Hall–Kier alpha value is -0.830. The first-order valence-corrected chi connectivity index (χ1v) is 3.66. The first-order valence-electron chi connectivity index (χ1n) is 3.66. The summed E-state index contributed by atoms with van der Waals surface area (Å²) in [6.45, 7) is 5.27. The summed E-state index contributed by atoms with van der Waals surface area (Å²) in [4.78, 5) is 11.1. The molecule has 0 aromatic carbocycles. The molecule has 1 atom stereocenters. The second-order valence-corrected chi connectivity index (χ2v) is 2.53. The van der Waals surface area contributed by atoms with Crippen LogP contribution in [0.5, 0.6) is 0 Å². The first-order chi connectivity index (χ1) is 5.11. The van der Waals surface area contributed by atoms with Crippen molar-refractivity contribution >= 4 is 5.91 Å². The molecule has 0 rings (SSSR count). The molecule has 0 aromatic heterocycles. The molecule has 0 heterocycles. The molecule has 0 bridgehead atoms. The fourth-order valence-corrected chi connectivity index (χ4v) is 0.514. The van der Waals surface area contributed by atoms with Gasteiger partial charge in [-0.1, -0.05) is 6.08 Å². The van der Waals surface area contributed by atoms with E-state index in [2.05, 4.69) is 5.32 Å². The predicted octanol–water partition coefficient (Wildman–Crippen LogP) is 0.450. The average molecular weight is 157 g/mol. The third-order valence-corrected chi connectivity index (χ3v) is 1.44. The topological polar surface area (TPSA) is 49.3 Å². The Kier molecular flexibility index (Phi) is 4.54. The normalized spacial score (nSPS) is 14.4. The van der Waals surface area contributed by atoms with Gasteiger partial charge in [0.25, 0.3) is 0 Å². The summed E-state index contributed by atoms with van der Waals surface area (Å²) in [6, 6.07) is -0.169. The first kappa shape index (κ1) is 10.2. The minimum Gasteiger partial charge on any atom is -0.394 e. The van der Waals surface area contributed by atoms with E-state index < -0.39 is 0 Å². The van der Waals surface area contributed by atoms with Gasteiger partial charge in [-0.2, -0.15) is 0 Å². The molecular weight excluding hydrogens is 142 g/mol. The van der Waals surface area contributed by atoms with Crippen LogP contribution in [0, 0.1) is 0 Å². The number of carbonyl (C=O) groups excluding carboxylic acids is 1. The van der Waals surface area contributed by atoms with Crippen LogP contribution in [0.25, 0.3) is 0 Å². The van der Waals surface area contributed by atoms with Crippen molar-refractivity contribution in [3.8, 4) is 0 Å². The molecule has 0 aliphatic heterocycles. The van der Waals surface area contributed by atoms with Gasteiger partial charge in [0.15, 0.2) is 0 Å². The number of aliphatic hydroxyl groups excluding tert-OH is 1. The van der Waals surface area contributed by atoms with E-state index >= 15 is 0 Å². The second kappa shape index (κ2) is 4.91. The van der Waals surface area contributed by atoms with Crippen LogP contribution < -0.4 is 5.32 Å². The predicted molar refractivity (Wildman–Crippen MR) is 44.1 cm³/mol. The summed E-state index contributed by atoms with van der Waals surface area (Å²) < 4.78 is 0. The number of carbonyl (C=O) groups is 1. The van der Waals surface area contributed by atoms with E-state index in [4.69, 9.17) is 5.11 Å². The van der Waals surface area contributed by atoms with Gasteiger partial charge >= 0.3 is 0 Å². The highest BCUT2D eigenvalue weighted by Gasteiger charge is 2.05. The fraction of sp³-hybridized carbons (Fsp3) is 0.625. The van der Waals surface area contributed by atoms with E-state index in [0.717, 1.165) is 0 Å². The van der Waals surface area contributed by atoms with Crippen molar-refractivity contribution in [1.82, 2.24) is 5.32 Å². The van der Waals surface area contributed by atoms with Crippen molar-refractivity contribution in [2.45, 2.75) is 26.8 Å². The average Bonchev–Trinajstić information content (AvgIpc) is 2.02. The van der Waals surface area contributed by atoms with Crippen LogP contribution in [0.2, 0.25) is 0 Å². The van der Waals surface area contributed by atoms with Crippen molar-refractivity contribution in [3.63, 3.8) is 0 Å². The molecular formula is C8H15NO2. The Morgan fingerprint density at radius 2 is 2.27 bits per heavy atom. The van der Waals surface area contributed by atoms with E-state index in [1.165, 1.54) is 0 Å². The zero-order valence-corrected chi connectivity index (χ0v) is 7.22. The molecule has 0 aliphatic rings. The maximum absolute atomic E-state index is 11.1. The lowest BCUT2D eigenvalue weighted by Gasteiger charge is -2.10. The van der Waals surface area contributed by atoms with Gasteiger partial charge in [0.05, 0.1) is 6.61 Å². The largest absolute Gasteiger partial charge is 0.394 e. The number of hydrogen-bond acceptors (Lipinski definition) is 2. The zero-order chi connectivity index (χ0) is 8.85. The summed E-state index contributed by atoms with van der Waals surface area (Å²) in [6.07, 6.45) is 1.74. The lowest BCUT2D eigenvalue weighted by Crippen LogP contribution is -2.35. The van der Waals surface area contributed by atoms with Gasteiger partial charge in [-0.15, -0.1) is 0 Å². The molecule has 64 valence electrons. The van der Waals surface area contributed by atoms with E-state index in [-0.39, 0.29) is 18.6 Å². The molecule has 3 nitrogen and oxygen atoms in total. The molecule has 2 N–H and O–H groups in total. The molecule has 0 saturated carbocycles. The van der Waals surface area contributed by atoms with Crippen LogP contribution in [0.3, 0.4) is 0 Å². The zero-order valence-electron chi connectivity index (χ0n) is 7.22. The third-order valence-electron chi connectivity index (χ3n) is 1.44. The van der Waals surface area contributed by atoms with Crippen LogP contribution in [0.4, 0.5) is 0 Å². The number of rotatable bonds is 3. The number of nitrogens with one attached hydrogen (secondary N) is 1. The van der Waals surface area contributed by atoms with Crippen LogP contribution in [-0.2, 0) is 4.79 Å². The third kappa shape index (κ3) is 3.78. The van der Waals surface area contributed by atoms with E-state index in [0.29, 0.717) is 5.57 Å². The maximum atomic E-state index is 11.1. The van der Waals surface area contributed by atoms with Crippen LogP contribution in [-0.4, -0.2) is 23.7 Å². The Morgan fingerprint density at radius 3 is 2.64 bits per heavy atom. The lowest BCUT2D eigenvalue weighted by atomic mass is 10.2. The Morgan fingerprint density at radius 1 is 1.73 bits per heavy atom. The highest BCUT2D eigenvalue weighted by Crippen LogP contribution is 1.92. The van der Waals surface area contributed by atoms with Crippen LogP contribution in [0.15, 0.2) is 11.6 Å². The summed E-state index contributed by atoms with van der Waals surface area (Å²) in [5.74, 6) is -0.117. The molecule has 0 spiro atoms. The number of allylic oxidation sites excluding steroid dienone is 1. The van der Waals surface area contributed by atoms with Crippen LogP contribution in [0.1, 0.15) is 20.8 Å². The summed E-state index contributed by atoms with van der Waals surface area (Å²) in [7, 11) is 0. The maximum Gasteiger partial charge on any atom is 0.246 e. The molecule has 0 radical (unpaired) electrons. The molecule has 0 aromatic rings. The van der Waals surface area contributed by atoms with E-state index in [1.807, 2.05) is 0 Å². The highest BCUT2D eigenvalue weighted by molar-refractivity contribution is 5.92. The van der Waals surface area contributed by atoms with Gasteiger partial charge in [0, 0.05) is 11.6 Å². The lowest BCUT2D eigenvalue weighted by molar-refractivity contribution is -0.118. The van der Waals surface area contributed by atoms with Gasteiger partial charge < -0.3 is 10.4 Å². The Labute approximate surface area is 67.1 Å². The van der Waals surface area contributed by atoms with Gasteiger partial charge in [-0.25, -0.2) is 0 Å².